The first kappa shape index (κ1) is 18.0. The van der Waals surface area contributed by atoms with Gasteiger partial charge in [0.2, 0.25) is 10.0 Å². The molecule has 0 aliphatic rings. The van der Waals surface area contributed by atoms with E-state index in [2.05, 4.69) is 4.72 Å². The van der Waals surface area contributed by atoms with Crippen LogP contribution >= 0.6 is 0 Å². The van der Waals surface area contributed by atoms with Crippen molar-refractivity contribution in [3.05, 3.63) is 29.6 Å². The topological polar surface area (TPSA) is 84.9 Å². The van der Waals surface area contributed by atoms with Crippen LogP contribution in [-0.2, 0) is 26.1 Å². The summed E-state index contributed by atoms with van der Waals surface area (Å²) in [7, 11) is -2.29. The summed E-state index contributed by atoms with van der Waals surface area (Å²) in [6.07, 6.45) is 0.479. The van der Waals surface area contributed by atoms with E-state index in [0.717, 1.165) is 12.1 Å². The Kier molecular flexibility index (Phi) is 7.76. The maximum absolute atomic E-state index is 13.2. The molecule has 0 saturated carbocycles. The maximum Gasteiger partial charge on any atom is 0.241 e. The van der Waals surface area contributed by atoms with Crippen LogP contribution < -0.4 is 4.72 Å². The van der Waals surface area contributed by atoms with Gasteiger partial charge in [-0.3, -0.25) is 0 Å². The Bertz CT molecular complexity index is 535. The van der Waals surface area contributed by atoms with Gasteiger partial charge >= 0.3 is 0 Å². The van der Waals surface area contributed by atoms with Gasteiger partial charge in [-0.15, -0.1) is 0 Å². The zero-order chi connectivity index (χ0) is 15.7. The van der Waals surface area contributed by atoms with Crippen molar-refractivity contribution in [3.8, 4) is 0 Å². The zero-order valence-electron chi connectivity index (χ0n) is 11.8. The second-order valence-corrected chi connectivity index (χ2v) is 6.00. The van der Waals surface area contributed by atoms with Gasteiger partial charge in [-0.05, 0) is 24.1 Å². The van der Waals surface area contributed by atoms with Crippen LogP contribution in [0.1, 0.15) is 12.0 Å². The smallest absolute Gasteiger partial charge is 0.241 e. The SMILES string of the molecule is COCCOCCCNS(=O)(=O)c1cc(F)ccc1CO. The van der Waals surface area contributed by atoms with Crippen LogP contribution in [-0.4, -0.2) is 47.0 Å². The van der Waals surface area contributed by atoms with E-state index in [1.165, 1.54) is 6.07 Å². The lowest BCUT2D eigenvalue weighted by Gasteiger charge is -2.10. The zero-order valence-corrected chi connectivity index (χ0v) is 12.7. The molecule has 21 heavy (non-hydrogen) atoms. The van der Waals surface area contributed by atoms with Crippen molar-refractivity contribution in [1.29, 1.82) is 0 Å². The van der Waals surface area contributed by atoms with Crippen molar-refractivity contribution in [1.82, 2.24) is 4.72 Å². The Labute approximate surface area is 123 Å². The minimum absolute atomic E-state index is 0.153. The van der Waals surface area contributed by atoms with Gasteiger partial charge in [0.1, 0.15) is 5.82 Å². The molecule has 0 saturated heterocycles. The number of benzene rings is 1. The second kappa shape index (κ2) is 9.06. The quantitative estimate of drug-likeness (QED) is 0.618. The Balaban J connectivity index is 2.52. The molecular weight excluding hydrogens is 301 g/mol. The summed E-state index contributed by atoms with van der Waals surface area (Å²) in [6.45, 7) is 1.01. The molecular formula is C13H20FNO5S. The van der Waals surface area contributed by atoms with E-state index in [1.54, 1.807) is 7.11 Å². The van der Waals surface area contributed by atoms with Gasteiger partial charge < -0.3 is 14.6 Å². The predicted octanol–water partition coefficient (Wildman–Crippen LogP) is 0.649. The number of aliphatic hydroxyl groups excluding tert-OH is 1. The molecule has 0 fully saturated rings. The molecule has 0 aliphatic heterocycles. The van der Waals surface area contributed by atoms with E-state index in [1.807, 2.05) is 0 Å². The van der Waals surface area contributed by atoms with Crippen molar-refractivity contribution in [2.24, 2.45) is 0 Å². The Morgan fingerprint density at radius 2 is 2.05 bits per heavy atom. The van der Waals surface area contributed by atoms with Crippen LogP contribution in [0.3, 0.4) is 0 Å². The maximum atomic E-state index is 13.2. The number of nitrogens with one attached hydrogen (secondary N) is 1. The van der Waals surface area contributed by atoms with Crippen molar-refractivity contribution >= 4 is 10.0 Å². The first-order valence-corrected chi connectivity index (χ1v) is 7.95. The first-order chi connectivity index (χ1) is 10.0. The molecule has 1 aromatic carbocycles. The molecule has 0 heterocycles. The Morgan fingerprint density at radius 3 is 2.71 bits per heavy atom. The standard InChI is InChI=1S/C13H20FNO5S/c1-19-7-8-20-6-2-5-15-21(17,18)13-9-12(14)4-3-11(13)10-16/h3-4,9,15-16H,2,5-8,10H2,1H3. The average Bonchev–Trinajstić information content (AvgIpc) is 2.46. The summed E-state index contributed by atoms with van der Waals surface area (Å²) in [6, 6.07) is 3.24. The fourth-order valence-electron chi connectivity index (χ4n) is 1.61. The predicted molar refractivity (Wildman–Crippen MR) is 74.8 cm³/mol. The number of hydrogen-bond acceptors (Lipinski definition) is 5. The summed E-state index contributed by atoms with van der Waals surface area (Å²) < 4.78 is 49.6. The lowest BCUT2D eigenvalue weighted by molar-refractivity contribution is 0.0699. The van der Waals surface area contributed by atoms with E-state index < -0.39 is 22.4 Å². The third-order valence-electron chi connectivity index (χ3n) is 2.68. The first-order valence-electron chi connectivity index (χ1n) is 6.47. The van der Waals surface area contributed by atoms with E-state index >= 15 is 0 Å². The molecule has 120 valence electrons. The molecule has 1 rings (SSSR count). The van der Waals surface area contributed by atoms with Gasteiger partial charge in [0, 0.05) is 20.3 Å². The summed E-state index contributed by atoms with van der Waals surface area (Å²) in [5.41, 5.74) is 0.153. The molecule has 0 spiro atoms. The molecule has 0 radical (unpaired) electrons. The van der Waals surface area contributed by atoms with Crippen molar-refractivity contribution < 1.29 is 27.4 Å². The van der Waals surface area contributed by atoms with Crippen LogP contribution in [0.5, 0.6) is 0 Å². The number of halogens is 1. The van der Waals surface area contributed by atoms with E-state index in [-0.39, 0.29) is 17.0 Å². The minimum atomic E-state index is -3.85. The van der Waals surface area contributed by atoms with E-state index in [0.29, 0.717) is 26.2 Å². The summed E-state index contributed by atoms with van der Waals surface area (Å²) in [4.78, 5) is -0.245. The molecule has 6 nitrogen and oxygen atoms in total. The van der Waals surface area contributed by atoms with Crippen LogP contribution in [0, 0.1) is 5.82 Å². The fourth-order valence-corrected chi connectivity index (χ4v) is 2.93. The fraction of sp³-hybridized carbons (Fsp3) is 0.538. The Morgan fingerprint density at radius 1 is 1.29 bits per heavy atom. The molecule has 0 unspecified atom stereocenters. The second-order valence-electron chi connectivity index (χ2n) is 4.27. The minimum Gasteiger partial charge on any atom is -0.392 e. The highest BCUT2D eigenvalue weighted by atomic mass is 32.2. The highest BCUT2D eigenvalue weighted by Gasteiger charge is 2.18. The van der Waals surface area contributed by atoms with Crippen LogP contribution in [0.15, 0.2) is 23.1 Å². The van der Waals surface area contributed by atoms with Crippen molar-refractivity contribution in [2.75, 3.05) is 33.5 Å². The van der Waals surface area contributed by atoms with Crippen LogP contribution in [0.4, 0.5) is 4.39 Å². The van der Waals surface area contributed by atoms with Gasteiger partial charge in [-0.2, -0.15) is 0 Å². The summed E-state index contributed by atoms with van der Waals surface area (Å²) in [5, 5.41) is 9.12. The molecule has 0 bridgehead atoms. The molecule has 0 amide bonds. The summed E-state index contributed by atoms with van der Waals surface area (Å²) >= 11 is 0. The van der Waals surface area contributed by atoms with Crippen LogP contribution in [0.25, 0.3) is 0 Å². The average molecular weight is 321 g/mol. The van der Waals surface area contributed by atoms with Crippen molar-refractivity contribution in [2.45, 2.75) is 17.9 Å². The molecule has 0 atom stereocenters. The third-order valence-corrected chi connectivity index (χ3v) is 4.22. The number of sulfonamides is 1. The number of aliphatic hydroxyl groups is 1. The van der Waals surface area contributed by atoms with Crippen molar-refractivity contribution in [3.63, 3.8) is 0 Å². The van der Waals surface area contributed by atoms with Gasteiger partial charge in [0.15, 0.2) is 0 Å². The van der Waals surface area contributed by atoms with Gasteiger partial charge in [0.25, 0.3) is 0 Å². The molecule has 0 aromatic heterocycles. The molecule has 2 N–H and O–H groups in total. The Hall–Kier alpha value is -1.06. The van der Waals surface area contributed by atoms with Gasteiger partial charge in [0.05, 0.1) is 24.7 Å². The van der Waals surface area contributed by atoms with Gasteiger partial charge in [-0.1, -0.05) is 6.07 Å². The normalized spacial score (nSPS) is 11.8. The number of ether oxygens (including phenoxy) is 2. The van der Waals surface area contributed by atoms with Gasteiger partial charge in [-0.25, -0.2) is 17.5 Å². The molecule has 0 aliphatic carbocycles. The largest absolute Gasteiger partial charge is 0.392 e. The monoisotopic (exact) mass is 321 g/mol. The number of rotatable bonds is 10. The van der Waals surface area contributed by atoms with E-state index in [4.69, 9.17) is 14.6 Å². The lowest BCUT2D eigenvalue weighted by atomic mass is 10.2. The third kappa shape index (κ3) is 6.06. The lowest BCUT2D eigenvalue weighted by Crippen LogP contribution is -2.26. The number of methoxy groups -OCH3 is 1. The molecule has 1 aromatic rings. The van der Waals surface area contributed by atoms with E-state index in [9.17, 15) is 12.8 Å². The highest BCUT2D eigenvalue weighted by molar-refractivity contribution is 7.89. The highest BCUT2D eigenvalue weighted by Crippen LogP contribution is 2.17. The summed E-state index contributed by atoms with van der Waals surface area (Å²) in [5.74, 6) is -0.671. The number of hydrogen-bond donors (Lipinski definition) is 2. The molecule has 8 heteroatoms. The van der Waals surface area contributed by atoms with Crippen LogP contribution in [0.2, 0.25) is 0 Å².